The summed E-state index contributed by atoms with van der Waals surface area (Å²) in [6.45, 7) is 2.44. The smallest absolute Gasteiger partial charge is 0.132 e. The maximum absolute atomic E-state index is 9.76. The summed E-state index contributed by atoms with van der Waals surface area (Å²) in [7, 11) is 0. The third kappa shape index (κ3) is 3.58. The van der Waals surface area contributed by atoms with Crippen molar-refractivity contribution >= 4 is 11.4 Å². The van der Waals surface area contributed by atoms with Gasteiger partial charge in [-0.05, 0) is 48.9 Å². The number of anilines is 1. The Hall–Kier alpha value is -3.47. The Bertz CT molecular complexity index is 979. The number of phenolic OH excluding ortho intramolecular Hbond substituents is 2. The number of benzene rings is 3. The predicted molar refractivity (Wildman–Crippen MR) is 106 cm³/mol. The molecule has 0 radical (unpaired) electrons. The van der Waals surface area contributed by atoms with E-state index in [4.69, 9.17) is 4.74 Å². The molecule has 1 atom stereocenters. The Kier molecular flexibility index (Phi) is 4.42. The maximum atomic E-state index is 9.76. The van der Waals surface area contributed by atoms with Crippen LogP contribution < -0.4 is 10.2 Å². The van der Waals surface area contributed by atoms with Crippen molar-refractivity contribution in [3.8, 4) is 17.2 Å². The highest BCUT2D eigenvalue weighted by Gasteiger charge is 2.29. The standard InChI is InChI=1S/C22H20N2O3/c1-14-2-6-16(7-3-14)23-24-22-19-11-10-18(26)12-21(19)27-13-20(22)15-4-8-17(25)9-5-15/h2-12,20,23,25-26H,13H2,1H3/b24-22+. The highest BCUT2D eigenvalue weighted by molar-refractivity contribution is 6.08. The largest absolute Gasteiger partial charge is 0.508 e. The van der Waals surface area contributed by atoms with E-state index in [0.29, 0.717) is 12.4 Å². The number of ether oxygens (including phenoxy) is 1. The molecule has 1 aliphatic rings. The van der Waals surface area contributed by atoms with E-state index in [0.717, 1.165) is 22.5 Å². The zero-order chi connectivity index (χ0) is 18.8. The zero-order valence-corrected chi connectivity index (χ0v) is 14.9. The summed E-state index contributed by atoms with van der Waals surface area (Å²) in [5.41, 5.74) is 7.85. The minimum absolute atomic E-state index is 0.0967. The Balaban J connectivity index is 1.74. The molecule has 0 amide bonds. The summed E-state index contributed by atoms with van der Waals surface area (Å²) in [5.74, 6) is 0.884. The number of nitrogens with zero attached hydrogens (tertiary/aromatic N) is 1. The molecule has 0 aromatic heterocycles. The Morgan fingerprint density at radius 3 is 2.37 bits per heavy atom. The van der Waals surface area contributed by atoms with Gasteiger partial charge in [0.2, 0.25) is 0 Å². The number of hydrogen-bond donors (Lipinski definition) is 3. The lowest BCUT2D eigenvalue weighted by atomic mass is 9.88. The summed E-state index contributed by atoms with van der Waals surface area (Å²) in [5, 5.41) is 24.0. The van der Waals surface area contributed by atoms with Gasteiger partial charge in [-0.2, -0.15) is 5.10 Å². The predicted octanol–water partition coefficient (Wildman–Crippen LogP) is 4.40. The first-order valence-corrected chi connectivity index (χ1v) is 8.75. The van der Waals surface area contributed by atoms with Gasteiger partial charge < -0.3 is 14.9 Å². The van der Waals surface area contributed by atoms with Gasteiger partial charge in [0.1, 0.15) is 23.9 Å². The van der Waals surface area contributed by atoms with Crippen LogP contribution >= 0.6 is 0 Å². The normalized spacial score (nSPS) is 17.2. The van der Waals surface area contributed by atoms with E-state index in [1.165, 1.54) is 5.56 Å². The number of nitrogens with one attached hydrogen (secondary N) is 1. The van der Waals surface area contributed by atoms with Crippen LogP contribution in [0, 0.1) is 6.92 Å². The Morgan fingerprint density at radius 1 is 0.926 bits per heavy atom. The molecule has 4 rings (SSSR count). The third-order valence-electron chi connectivity index (χ3n) is 4.63. The van der Waals surface area contributed by atoms with Gasteiger partial charge in [0.05, 0.1) is 17.3 Å². The minimum Gasteiger partial charge on any atom is -0.508 e. The number of hydrazone groups is 1. The van der Waals surface area contributed by atoms with E-state index in [1.807, 2.05) is 49.4 Å². The minimum atomic E-state index is -0.0967. The molecule has 3 N–H and O–H groups in total. The van der Waals surface area contributed by atoms with Crippen LogP contribution in [0.3, 0.4) is 0 Å². The van der Waals surface area contributed by atoms with Crippen LogP contribution in [0.15, 0.2) is 71.8 Å². The van der Waals surface area contributed by atoms with Crippen LogP contribution in [0.1, 0.15) is 22.6 Å². The molecule has 0 bridgehead atoms. The first-order chi connectivity index (χ1) is 13.1. The fourth-order valence-corrected chi connectivity index (χ4v) is 3.13. The number of aromatic hydroxyl groups is 2. The SMILES string of the molecule is Cc1ccc(N/N=C2\c3ccc(O)cc3OCC2c2ccc(O)cc2)cc1. The fraction of sp³-hybridized carbons (Fsp3) is 0.136. The molecule has 0 fully saturated rings. The number of aryl methyl sites for hydroxylation is 1. The van der Waals surface area contributed by atoms with E-state index < -0.39 is 0 Å². The molecule has 5 heteroatoms. The highest BCUT2D eigenvalue weighted by atomic mass is 16.5. The number of hydrogen-bond acceptors (Lipinski definition) is 5. The highest BCUT2D eigenvalue weighted by Crippen LogP contribution is 2.35. The summed E-state index contributed by atoms with van der Waals surface area (Å²) >= 11 is 0. The first kappa shape index (κ1) is 17.0. The van der Waals surface area contributed by atoms with Crippen molar-refractivity contribution in [3.63, 3.8) is 0 Å². The van der Waals surface area contributed by atoms with E-state index in [2.05, 4.69) is 10.5 Å². The second kappa shape index (κ2) is 7.03. The van der Waals surface area contributed by atoms with Crippen molar-refractivity contribution in [2.45, 2.75) is 12.8 Å². The summed E-state index contributed by atoms with van der Waals surface area (Å²) in [6, 6.07) is 20.1. The quantitative estimate of drug-likeness (QED) is 0.605. The summed E-state index contributed by atoms with van der Waals surface area (Å²) < 4.78 is 5.87. The topological polar surface area (TPSA) is 74.1 Å². The van der Waals surface area contributed by atoms with Crippen LogP contribution in [0.2, 0.25) is 0 Å². The molecule has 27 heavy (non-hydrogen) atoms. The molecule has 5 nitrogen and oxygen atoms in total. The molecule has 3 aromatic rings. The molecule has 1 aliphatic heterocycles. The van der Waals surface area contributed by atoms with Gasteiger partial charge in [-0.15, -0.1) is 0 Å². The second-order valence-corrected chi connectivity index (χ2v) is 6.61. The van der Waals surface area contributed by atoms with Crippen molar-refractivity contribution in [3.05, 3.63) is 83.4 Å². The van der Waals surface area contributed by atoms with Crippen LogP contribution in [0.4, 0.5) is 5.69 Å². The molecule has 0 saturated carbocycles. The lowest BCUT2D eigenvalue weighted by Crippen LogP contribution is -2.27. The molecule has 0 aliphatic carbocycles. The zero-order valence-electron chi connectivity index (χ0n) is 14.9. The summed E-state index contributed by atoms with van der Waals surface area (Å²) in [6.07, 6.45) is 0. The molecule has 0 saturated heterocycles. The summed E-state index contributed by atoms with van der Waals surface area (Å²) in [4.78, 5) is 0. The monoisotopic (exact) mass is 360 g/mol. The average molecular weight is 360 g/mol. The van der Waals surface area contributed by atoms with Crippen molar-refractivity contribution in [2.24, 2.45) is 5.10 Å². The van der Waals surface area contributed by atoms with E-state index in [1.54, 1.807) is 24.3 Å². The average Bonchev–Trinajstić information content (AvgIpc) is 2.68. The lowest BCUT2D eigenvalue weighted by Gasteiger charge is -2.27. The second-order valence-electron chi connectivity index (χ2n) is 6.61. The fourth-order valence-electron chi connectivity index (χ4n) is 3.13. The van der Waals surface area contributed by atoms with Crippen molar-refractivity contribution in [2.75, 3.05) is 12.0 Å². The van der Waals surface area contributed by atoms with Crippen LogP contribution in [-0.2, 0) is 0 Å². The number of rotatable bonds is 3. The van der Waals surface area contributed by atoms with E-state index >= 15 is 0 Å². The molecule has 1 heterocycles. The van der Waals surface area contributed by atoms with Crippen molar-refractivity contribution in [1.29, 1.82) is 0 Å². The maximum Gasteiger partial charge on any atom is 0.132 e. The van der Waals surface area contributed by atoms with Gasteiger partial charge in [-0.25, -0.2) is 0 Å². The first-order valence-electron chi connectivity index (χ1n) is 8.75. The van der Waals surface area contributed by atoms with Crippen LogP contribution in [0.25, 0.3) is 0 Å². The van der Waals surface area contributed by atoms with Gasteiger partial charge in [0.15, 0.2) is 0 Å². The number of phenols is 2. The molecule has 0 spiro atoms. The van der Waals surface area contributed by atoms with Crippen LogP contribution in [0.5, 0.6) is 17.2 Å². The Morgan fingerprint density at radius 2 is 1.63 bits per heavy atom. The Labute approximate surface area is 157 Å². The molecular formula is C22H20N2O3. The van der Waals surface area contributed by atoms with Crippen molar-refractivity contribution < 1.29 is 14.9 Å². The lowest BCUT2D eigenvalue weighted by molar-refractivity contribution is 0.300. The van der Waals surface area contributed by atoms with Crippen LogP contribution in [-0.4, -0.2) is 22.5 Å². The number of fused-ring (bicyclic) bond motifs is 1. The van der Waals surface area contributed by atoms with Gasteiger partial charge in [-0.3, -0.25) is 5.43 Å². The van der Waals surface area contributed by atoms with E-state index in [9.17, 15) is 10.2 Å². The van der Waals surface area contributed by atoms with Gasteiger partial charge in [0.25, 0.3) is 0 Å². The van der Waals surface area contributed by atoms with Gasteiger partial charge in [-0.1, -0.05) is 29.8 Å². The molecule has 3 aromatic carbocycles. The molecular weight excluding hydrogens is 340 g/mol. The molecule has 136 valence electrons. The molecule has 1 unspecified atom stereocenters. The van der Waals surface area contributed by atoms with E-state index in [-0.39, 0.29) is 17.4 Å². The third-order valence-corrected chi connectivity index (χ3v) is 4.63. The van der Waals surface area contributed by atoms with Gasteiger partial charge >= 0.3 is 0 Å². The van der Waals surface area contributed by atoms with Gasteiger partial charge in [0, 0.05) is 11.6 Å². The van der Waals surface area contributed by atoms with Crippen molar-refractivity contribution in [1.82, 2.24) is 0 Å².